The second-order valence-corrected chi connectivity index (χ2v) is 5.26. The second kappa shape index (κ2) is 5.98. The van der Waals surface area contributed by atoms with Gasteiger partial charge in [-0.2, -0.15) is 5.26 Å². The summed E-state index contributed by atoms with van der Waals surface area (Å²) in [4.78, 5) is 12.5. The monoisotopic (exact) mass is 331 g/mol. The van der Waals surface area contributed by atoms with E-state index >= 15 is 0 Å². The third-order valence-corrected chi connectivity index (χ3v) is 3.78. The van der Waals surface area contributed by atoms with Gasteiger partial charge in [0, 0.05) is 10.0 Å². The third kappa shape index (κ3) is 2.78. The number of carbonyl (C=O) groups is 1. The summed E-state index contributed by atoms with van der Waals surface area (Å²) in [6, 6.07) is 13.1. The van der Waals surface area contributed by atoms with Crippen molar-refractivity contribution in [1.82, 2.24) is 0 Å². The van der Waals surface area contributed by atoms with Gasteiger partial charge in [-0.1, -0.05) is 34.1 Å². The molecule has 2 aromatic rings. The molecule has 20 heavy (non-hydrogen) atoms. The van der Waals surface area contributed by atoms with Crippen molar-refractivity contribution >= 4 is 21.7 Å². The molecule has 0 bridgehead atoms. The molecule has 0 amide bonds. The van der Waals surface area contributed by atoms with Crippen LogP contribution in [0.1, 0.15) is 27.4 Å². The van der Waals surface area contributed by atoms with Crippen molar-refractivity contribution in [1.29, 1.82) is 5.26 Å². The van der Waals surface area contributed by atoms with Gasteiger partial charge in [0.15, 0.2) is 5.78 Å². The molecule has 0 radical (unpaired) electrons. The Bertz CT molecular complexity index is 706. The molecule has 2 nitrogen and oxygen atoms in total. The minimum Gasteiger partial charge on any atom is -0.292 e. The van der Waals surface area contributed by atoms with Crippen molar-refractivity contribution in [3.05, 3.63) is 69.4 Å². The standard InChI is InChI=1S/C16H11BrFNO/c1-10-8-11(18)6-7-12(10)16(20)14(9-19)13-4-2-3-5-15(13)17/h2-8,14H,1H3. The Morgan fingerprint density at radius 3 is 2.60 bits per heavy atom. The molecule has 0 aromatic heterocycles. The Kier molecular flexibility index (Phi) is 4.31. The molecule has 0 saturated carbocycles. The number of benzene rings is 2. The van der Waals surface area contributed by atoms with Crippen LogP contribution in [0.2, 0.25) is 0 Å². The van der Waals surface area contributed by atoms with Crippen LogP contribution in [0.3, 0.4) is 0 Å². The van der Waals surface area contributed by atoms with E-state index in [4.69, 9.17) is 0 Å². The lowest BCUT2D eigenvalue weighted by atomic mass is 9.90. The average molecular weight is 332 g/mol. The van der Waals surface area contributed by atoms with E-state index in [-0.39, 0.29) is 5.78 Å². The number of ketones is 1. The lowest BCUT2D eigenvalue weighted by Gasteiger charge is -2.12. The molecule has 1 atom stereocenters. The van der Waals surface area contributed by atoms with E-state index in [2.05, 4.69) is 15.9 Å². The molecule has 2 aromatic carbocycles. The van der Waals surface area contributed by atoms with E-state index in [1.807, 2.05) is 12.1 Å². The van der Waals surface area contributed by atoms with Crippen LogP contribution in [0.4, 0.5) is 4.39 Å². The number of halogens is 2. The number of aryl methyl sites for hydroxylation is 1. The van der Waals surface area contributed by atoms with Crippen LogP contribution in [0.5, 0.6) is 0 Å². The van der Waals surface area contributed by atoms with Crippen molar-refractivity contribution in [2.75, 3.05) is 0 Å². The molecule has 0 fully saturated rings. The van der Waals surface area contributed by atoms with Crippen molar-refractivity contribution in [3.63, 3.8) is 0 Å². The zero-order chi connectivity index (χ0) is 14.7. The third-order valence-electron chi connectivity index (χ3n) is 3.06. The van der Waals surface area contributed by atoms with Gasteiger partial charge in [-0.05, 0) is 42.3 Å². The fraction of sp³-hybridized carbons (Fsp3) is 0.125. The van der Waals surface area contributed by atoms with E-state index < -0.39 is 11.7 Å². The van der Waals surface area contributed by atoms with Crippen molar-refractivity contribution < 1.29 is 9.18 Å². The number of hydrogen-bond acceptors (Lipinski definition) is 2. The van der Waals surface area contributed by atoms with Gasteiger partial charge in [-0.25, -0.2) is 4.39 Å². The van der Waals surface area contributed by atoms with Crippen molar-refractivity contribution in [2.24, 2.45) is 0 Å². The van der Waals surface area contributed by atoms with E-state index in [0.717, 1.165) is 0 Å². The second-order valence-electron chi connectivity index (χ2n) is 4.41. The maximum atomic E-state index is 13.1. The minimum absolute atomic E-state index is 0.322. The summed E-state index contributed by atoms with van der Waals surface area (Å²) < 4.78 is 13.8. The summed E-state index contributed by atoms with van der Waals surface area (Å²) in [5, 5.41) is 9.32. The van der Waals surface area contributed by atoms with E-state index in [9.17, 15) is 14.4 Å². The molecular formula is C16H11BrFNO. The molecule has 0 aliphatic rings. The number of Topliss-reactive ketones (excluding diaryl/α,β-unsaturated/α-hetero) is 1. The van der Waals surface area contributed by atoms with Crippen LogP contribution in [0.15, 0.2) is 46.9 Å². The quantitative estimate of drug-likeness (QED) is 0.783. The van der Waals surface area contributed by atoms with Crippen LogP contribution in [-0.4, -0.2) is 5.78 Å². The number of hydrogen-bond donors (Lipinski definition) is 0. The lowest BCUT2D eigenvalue weighted by molar-refractivity contribution is 0.0978. The number of carbonyl (C=O) groups excluding carboxylic acids is 1. The molecule has 100 valence electrons. The summed E-state index contributed by atoms with van der Waals surface area (Å²) >= 11 is 3.35. The summed E-state index contributed by atoms with van der Waals surface area (Å²) in [6.45, 7) is 1.66. The number of nitrogens with zero attached hydrogens (tertiary/aromatic N) is 1. The average Bonchev–Trinajstić information content (AvgIpc) is 2.41. The molecule has 0 N–H and O–H groups in total. The van der Waals surface area contributed by atoms with Crippen LogP contribution in [0, 0.1) is 24.1 Å². The highest BCUT2D eigenvalue weighted by Crippen LogP contribution is 2.28. The first kappa shape index (κ1) is 14.4. The minimum atomic E-state index is -0.908. The summed E-state index contributed by atoms with van der Waals surface area (Å²) in [6.07, 6.45) is 0. The van der Waals surface area contributed by atoms with E-state index in [1.54, 1.807) is 25.1 Å². The zero-order valence-corrected chi connectivity index (χ0v) is 12.3. The molecule has 0 aliphatic heterocycles. The molecule has 1 unspecified atom stereocenters. The van der Waals surface area contributed by atoms with Crippen molar-refractivity contribution in [2.45, 2.75) is 12.8 Å². The summed E-state index contributed by atoms with van der Waals surface area (Å²) in [7, 11) is 0. The highest BCUT2D eigenvalue weighted by Gasteiger charge is 2.24. The fourth-order valence-electron chi connectivity index (χ4n) is 2.04. The van der Waals surface area contributed by atoms with Crippen LogP contribution in [0.25, 0.3) is 0 Å². The predicted octanol–water partition coefficient (Wildman–Crippen LogP) is 4.39. The topological polar surface area (TPSA) is 40.9 Å². The molecule has 0 saturated heterocycles. The Morgan fingerprint density at radius 2 is 2.00 bits per heavy atom. The Balaban J connectivity index is 2.45. The summed E-state index contributed by atoms with van der Waals surface area (Å²) in [5.74, 6) is -1.62. The zero-order valence-electron chi connectivity index (χ0n) is 10.7. The van der Waals surface area contributed by atoms with Gasteiger partial charge >= 0.3 is 0 Å². The van der Waals surface area contributed by atoms with Gasteiger partial charge in [-0.15, -0.1) is 0 Å². The van der Waals surface area contributed by atoms with Gasteiger partial charge in [-0.3, -0.25) is 4.79 Å². The van der Waals surface area contributed by atoms with Crippen LogP contribution >= 0.6 is 15.9 Å². The maximum absolute atomic E-state index is 13.1. The van der Waals surface area contributed by atoms with Gasteiger partial charge in [0.1, 0.15) is 11.7 Å². The Hall–Kier alpha value is -1.99. The fourth-order valence-corrected chi connectivity index (χ4v) is 2.55. The highest BCUT2D eigenvalue weighted by molar-refractivity contribution is 9.10. The largest absolute Gasteiger partial charge is 0.292 e. The molecular weight excluding hydrogens is 321 g/mol. The summed E-state index contributed by atoms with van der Waals surface area (Å²) in [5.41, 5.74) is 1.51. The Morgan fingerprint density at radius 1 is 1.30 bits per heavy atom. The van der Waals surface area contributed by atoms with Crippen LogP contribution < -0.4 is 0 Å². The molecule has 2 rings (SSSR count). The van der Waals surface area contributed by atoms with E-state index in [1.165, 1.54) is 18.2 Å². The maximum Gasteiger partial charge on any atom is 0.184 e. The lowest BCUT2D eigenvalue weighted by Crippen LogP contribution is -2.13. The first-order valence-corrected chi connectivity index (χ1v) is 6.78. The Labute approximate surface area is 125 Å². The first-order chi connectivity index (χ1) is 9.54. The SMILES string of the molecule is Cc1cc(F)ccc1C(=O)C(C#N)c1ccccc1Br. The van der Waals surface area contributed by atoms with Gasteiger partial charge < -0.3 is 0 Å². The smallest absolute Gasteiger partial charge is 0.184 e. The van der Waals surface area contributed by atoms with Gasteiger partial charge in [0.05, 0.1) is 6.07 Å². The number of rotatable bonds is 3. The molecule has 0 spiro atoms. The van der Waals surface area contributed by atoms with Crippen molar-refractivity contribution in [3.8, 4) is 6.07 Å². The van der Waals surface area contributed by atoms with Gasteiger partial charge in [0.25, 0.3) is 0 Å². The first-order valence-electron chi connectivity index (χ1n) is 5.99. The molecule has 0 aliphatic carbocycles. The predicted molar refractivity (Wildman–Crippen MR) is 78.0 cm³/mol. The normalized spacial score (nSPS) is 11.7. The number of nitriles is 1. The van der Waals surface area contributed by atoms with Crippen LogP contribution in [-0.2, 0) is 0 Å². The van der Waals surface area contributed by atoms with Gasteiger partial charge in [0.2, 0.25) is 0 Å². The molecule has 4 heteroatoms. The highest BCUT2D eigenvalue weighted by atomic mass is 79.9. The molecule has 0 heterocycles. The van der Waals surface area contributed by atoms with E-state index in [0.29, 0.717) is 21.2 Å².